The molecule has 6 atom stereocenters. The summed E-state index contributed by atoms with van der Waals surface area (Å²) >= 11 is 0. The van der Waals surface area contributed by atoms with Crippen molar-refractivity contribution >= 4 is 49.3 Å². The molecule has 0 aromatic heterocycles. The van der Waals surface area contributed by atoms with Crippen molar-refractivity contribution in [2.75, 3.05) is 19.8 Å². The minimum atomic E-state index is -1.19. The fourth-order valence-electron chi connectivity index (χ4n) is 6.86. The van der Waals surface area contributed by atoms with Gasteiger partial charge in [-0.25, -0.2) is 0 Å². The highest BCUT2D eigenvalue weighted by atomic mass is 33.5. The molecule has 1 aromatic rings. The zero-order valence-electron chi connectivity index (χ0n) is 24.1. The van der Waals surface area contributed by atoms with Crippen molar-refractivity contribution in [3.63, 3.8) is 0 Å². The lowest BCUT2D eigenvalue weighted by Gasteiger charge is -2.38. The van der Waals surface area contributed by atoms with Gasteiger partial charge >= 0.3 is 17.9 Å². The zero-order chi connectivity index (χ0) is 29.1. The second-order valence-corrected chi connectivity index (χ2v) is 17.4. The molecule has 2 aliphatic carbocycles. The zero-order valence-corrected chi connectivity index (χ0v) is 26.5. The number of aliphatic hydroxyl groups excluding tert-OH is 1. The maximum Gasteiger partial charge on any atom is 0.311 e. The Morgan fingerprint density at radius 2 is 1.48 bits per heavy atom. The normalized spacial score (nSPS) is 27.1. The van der Waals surface area contributed by atoms with E-state index in [0.717, 1.165) is 17.2 Å². The first-order valence-electron chi connectivity index (χ1n) is 14.0. The monoisotopic (exact) mass is 610 g/mol. The number of ether oxygens (including phenoxy) is 3. The molecular formula is C30H42O7S3. The molecular weight excluding hydrogens is 569 g/mol. The van der Waals surface area contributed by atoms with Crippen LogP contribution in [0.5, 0.6) is 0 Å². The Balaban J connectivity index is 1.39. The first kappa shape index (κ1) is 31.6. The molecule has 222 valence electrons. The van der Waals surface area contributed by atoms with Gasteiger partial charge in [-0.1, -0.05) is 51.9 Å². The predicted molar refractivity (Wildman–Crippen MR) is 160 cm³/mol. The number of hydrogen-bond acceptors (Lipinski definition) is 10. The third-order valence-electron chi connectivity index (χ3n) is 8.52. The second-order valence-electron chi connectivity index (χ2n) is 13.0. The summed E-state index contributed by atoms with van der Waals surface area (Å²) in [5, 5.41) is 10.6. The van der Waals surface area contributed by atoms with Gasteiger partial charge in [0.1, 0.15) is 13.2 Å². The molecule has 3 fully saturated rings. The average Bonchev–Trinajstić information content (AvgIpc) is 3.63. The number of aliphatic hydroxyl groups is 1. The predicted octanol–water partition coefficient (Wildman–Crippen LogP) is 6.08. The minimum Gasteiger partial charge on any atom is -0.465 e. The molecule has 0 radical (unpaired) electrons. The van der Waals surface area contributed by atoms with Gasteiger partial charge in [0.2, 0.25) is 0 Å². The van der Waals surface area contributed by atoms with E-state index in [1.54, 1.807) is 34.6 Å². The van der Waals surface area contributed by atoms with Crippen LogP contribution >= 0.6 is 31.4 Å². The molecule has 40 heavy (non-hydrogen) atoms. The molecule has 2 bridgehead atoms. The standard InChI is InChI=1S/C30H42O7S3/c1-28(2,25(32)36-15-19-9-7-6-8-10-19)17-30(5,27(34)35-12-11-31)18-29(3,4)26(33)37-16-21-13-20-14-22(21)24-23(20)38-40-39-24/h6-10,20-24,31H,11-18H2,1-5H3. The van der Waals surface area contributed by atoms with E-state index in [4.69, 9.17) is 14.2 Å². The third kappa shape index (κ3) is 7.16. The molecule has 1 heterocycles. The van der Waals surface area contributed by atoms with Crippen molar-refractivity contribution in [2.24, 2.45) is 34.0 Å². The summed E-state index contributed by atoms with van der Waals surface area (Å²) in [6, 6.07) is 9.41. The van der Waals surface area contributed by atoms with Crippen LogP contribution in [-0.2, 0) is 35.2 Å². The molecule has 7 nitrogen and oxygen atoms in total. The molecule has 10 heteroatoms. The van der Waals surface area contributed by atoms with Crippen molar-refractivity contribution < 1.29 is 33.7 Å². The first-order chi connectivity index (χ1) is 18.9. The van der Waals surface area contributed by atoms with E-state index >= 15 is 0 Å². The van der Waals surface area contributed by atoms with E-state index < -0.39 is 28.2 Å². The van der Waals surface area contributed by atoms with Gasteiger partial charge in [-0.3, -0.25) is 14.4 Å². The Hall–Kier alpha value is -1.36. The van der Waals surface area contributed by atoms with Crippen molar-refractivity contribution in [1.82, 2.24) is 0 Å². The van der Waals surface area contributed by atoms with Crippen molar-refractivity contribution in [2.45, 2.75) is 77.4 Å². The number of carbonyl (C=O) groups is 3. The van der Waals surface area contributed by atoms with Gasteiger partial charge in [-0.2, -0.15) is 0 Å². The van der Waals surface area contributed by atoms with Crippen LogP contribution in [0.4, 0.5) is 0 Å². The Labute approximate surface area is 249 Å². The fraction of sp³-hybridized carbons (Fsp3) is 0.700. The molecule has 1 aromatic carbocycles. The molecule has 2 saturated carbocycles. The molecule has 0 amide bonds. The SMILES string of the molecule is CC(C)(CC(C)(CC(C)(C)C(=O)OCC1CC2CC1C1SSSC21)C(=O)OCCO)C(=O)OCc1ccccc1. The van der Waals surface area contributed by atoms with Gasteiger partial charge in [0, 0.05) is 10.5 Å². The Bertz CT molecular complexity index is 1060. The van der Waals surface area contributed by atoms with Gasteiger partial charge in [-0.05, 0) is 93.4 Å². The third-order valence-corrected chi connectivity index (χ3v) is 13.8. The Kier molecular flexibility index (Phi) is 10.2. The largest absolute Gasteiger partial charge is 0.465 e. The van der Waals surface area contributed by atoms with Crippen LogP contribution in [0.25, 0.3) is 0 Å². The number of fused-ring (bicyclic) bond motifs is 5. The number of esters is 3. The van der Waals surface area contributed by atoms with E-state index in [1.807, 2.05) is 61.7 Å². The molecule has 1 saturated heterocycles. The summed E-state index contributed by atoms with van der Waals surface area (Å²) in [6.07, 6.45) is 2.57. The summed E-state index contributed by atoms with van der Waals surface area (Å²) in [6.45, 7) is 8.84. The quantitative estimate of drug-likeness (QED) is 0.161. The number of rotatable bonds is 13. The topological polar surface area (TPSA) is 99.1 Å². The van der Waals surface area contributed by atoms with E-state index in [0.29, 0.717) is 29.6 Å². The van der Waals surface area contributed by atoms with E-state index in [1.165, 1.54) is 6.42 Å². The van der Waals surface area contributed by atoms with Gasteiger partial charge in [0.15, 0.2) is 0 Å². The summed E-state index contributed by atoms with van der Waals surface area (Å²) in [5.74, 6) is 0.359. The lowest BCUT2D eigenvalue weighted by molar-refractivity contribution is -0.169. The number of benzene rings is 1. The first-order valence-corrected chi connectivity index (χ1v) is 17.6. The summed E-state index contributed by atoms with van der Waals surface area (Å²) in [7, 11) is 5.89. The molecule has 4 rings (SSSR count). The van der Waals surface area contributed by atoms with Crippen LogP contribution < -0.4 is 0 Å². The molecule has 1 N–H and O–H groups in total. The van der Waals surface area contributed by atoms with Crippen molar-refractivity contribution in [3.8, 4) is 0 Å². The van der Waals surface area contributed by atoms with Crippen LogP contribution in [0.3, 0.4) is 0 Å². The molecule has 1 aliphatic heterocycles. The molecule has 6 unspecified atom stereocenters. The lowest BCUT2D eigenvalue weighted by atomic mass is 9.66. The van der Waals surface area contributed by atoms with Crippen molar-refractivity contribution in [3.05, 3.63) is 35.9 Å². The van der Waals surface area contributed by atoms with Gasteiger partial charge in [-0.15, -0.1) is 0 Å². The van der Waals surface area contributed by atoms with Crippen LogP contribution in [0.2, 0.25) is 0 Å². The smallest absolute Gasteiger partial charge is 0.311 e. The molecule has 0 spiro atoms. The fourth-order valence-corrected chi connectivity index (χ4v) is 13.7. The Morgan fingerprint density at radius 3 is 2.12 bits per heavy atom. The van der Waals surface area contributed by atoms with E-state index in [9.17, 15) is 19.5 Å². The van der Waals surface area contributed by atoms with Gasteiger partial charge in [0.05, 0.1) is 29.5 Å². The maximum absolute atomic E-state index is 13.4. The van der Waals surface area contributed by atoms with Gasteiger partial charge < -0.3 is 19.3 Å². The number of hydrogen-bond donors (Lipinski definition) is 1. The molecule has 3 aliphatic rings. The highest BCUT2D eigenvalue weighted by Crippen LogP contribution is 2.67. The average molecular weight is 611 g/mol. The Morgan fingerprint density at radius 1 is 0.850 bits per heavy atom. The lowest BCUT2D eigenvalue weighted by Crippen LogP contribution is -2.44. The summed E-state index contributed by atoms with van der Waals surface area (Å²) in [5.41, 5.74) is -2.35. The minimum absolute atomic E-state index is 0.108. The van der Waals surface area contributed by atoms with Gasteiger partial charge in [0.25, 0.3) is 0 Å². The maximum atomic E-state index is 13.4. The van der Waals surface area contributed by atoms with Crippen LogP contribution in [-0.4, -0.2) is 53.3 Å². The van der Waals surface area contributed by atoms with Crippen LogP contribution in [0, 0.1) is 34.0 Å². The van der Waals surface area contributed by atoms with E-state index in [2.05, 4.69) is 0 Å². The highest BCUT2D eigenvalue weighted by Gasteiger charge is 2.56. The summed E-state index contributed by atoms with van der Waals surface area (Å²) in [4.78, 5) is 39.9. The van der Waals surface area contributed by atoms with Crippen LogP contribution in [0.1, 0.15) is 65.9 Å². The highest BCUT2D eigenvalue weighted by molar-refractivity contribution is 9.11. The second kappa shape index (κ2) is 12.9. The summed E-state index contributed by atoms with van der Waals surface area (Å²) < 4.78 is 16.9. The number of carbonyl (C=O) groups excluding carboxylic acids is 3. The van der Waals surface area contributed by atoms with Crippen LogP contribution in [0.15, 0.2) is 30.3 Å². The van der Waals surface area contributed by atoms with E-state index in [-0.39, 0.29) is 38.6 Å². The van der Waals surface area contributed by atoms with Crippen molar-refractivity contribution in [1.29, 1.82) is 0 Å².